The number of rotatable bonds is 4. The van der Waals surface area contributed by atoms with Crippen molar-refractivity contribution in [3.05, 3.63) is 12.2 Å². The Labute approximate surface area is 74.8 Å². The third-order valence-electron chi connectivity index (χ3n) is 2.45. The van der Waals surface area contributed by atoms with Crippen molar-refractivity contribution in [3.63, 3.8) is 0 Å². The molecule has 0 radical (unpaired) electrons. The zero-order valence-electron chi connectivity index (χ0n) is 7.88. The minimum Gasteiger partial charge on any atom is -0.374 e. The smallest absolute Gasteiger partial charge is 0.0677 e. The van der Waals surface area contributed by atoms with Gasteiger partial charge in [-0.25, -0.2) is 0 Å². The summed E-state index contributed by atoms with van der Waals surface area (Å²) in [4.78, 5) is 0. The van der Waals surface area contributed by atoms with E-state index in [9.17, 15) is 0 Å². The van der Waals surface area contributed by atoms with Gasteiger partial charge in [0.05, 0.1) is 12.7 Å². The molecule has 2 N–H and O–H groups in total. The molecule has 0 heterocycles. The minimum absolute atomic E-state index is 0.366. The molecule has 2 atom stereocenters. The molecule has 1 rings (SSSR count). The topological polar surface area (TPSA) is 35.2 Å². The van der Waals surface area contributed by atoms with E-state index in [1.165, 1.54) is 5.57 Å². The highest BCUT2D eigenvalue weighted by Gasteiger charge is 2.21. The lowest BCUT2D eigenvalue weighted by Crippen LogP contribution is -2.18. The molecule has 0 spiro atoms. The SMILES string of the molecule is C=C(CC)COC1CCC(N)C1. The first kappa shape index (κ1) is 9.75. The number of nitrogens with two attached hydrogens (primary N) is 1. The second kappa shape index (κ2) is 4.63. The Kier molecular flexibility index (Phi) is 3.76. The van der Waals surface area contributed by atoms with Crippen LogP contribution in [0.25, 0.3) is 0 Å². The number of ether oxygens (including phenoxy) is 1. The van der Waals surface area contributed by atoms with Crippen LogP contribution in [-0.2, 0) is 4.74 Å². The summed E-state index contributed by atoms with van der Waals surface area (Å²) >= 11 is 0. The van der Waals surface area contributed by atoms with Gasteiger partial charge in [-0.3, -0.25) is 0 Å². The summed E-state index contributed by atoms with van der Waals surface area (Å²) in [5, 5.41) is 0. The summed E-state index contributed by atoms with van der Waals surface area (Å²) in [6.07, 6.45) is 4.67. The van der Waals surface area contributed by atoms with Gasteiger partial charge in [0.1, 0.15) is 0 Å². The fraction of sp³-hybridized carbons (Fsp3) is 0.800. The van der Waals surface area contributed by atoms with E-state index in [1.807, 2.05) is 0 Å². The van der Waals surface area contributed by atoms with Crippen molar-refractivity contribution in [1.29, 1.82) is 0 Å². The van der Waals surface area contributed by atoms with Crippen LogP contribution in [0.3, 0.4) is 0 Å². The van der Waals surface area contributed by atoms with Gasteiger partial charge in [0.15, 0.2) is 0 Å². The molecule has 0 bridgehead atoms. The van der Waals surface area contributed by atoms with Gasteiger partial charge in [-0.15, -0.1) is 0 Å². The molecule has 2 nitrogen and oxygen atoms in total. The van der Waals surface area contributed by atoms with Gasteiger partial charge in [-0.05, 0) is 25.7 Å². The maximum Gasteiger partial charge on any atom is 0.0677 e. The quantitative estimate of drug-likeness (QED) is 0.652. The predicted octanol–water partition coefficient (Wildman–Crippen LogP) is 1.85. The molecule has 12 heavy (non-hydrogen) atoms. The van der Waals surface area contributed by atoms with E-state index in [-0.39, 0.29) is 0 Å². The molecule has 1 saturated carbocycles. The van der Waals surface area contributed by atoms with E-state index in [0.717, 1.165) is 25.7 Å². The zero-order valence-corrected chi connectivity index (χ0v) is 7.88. The number of hydrogen-bond donors (Lipinski definition) is 1. The molecule has 1 aliphatic rings. The first-order valence-corrected chi connectivity index (χ1v) is 4.76. The van der Waals surface area contributed by atoms with E-state index in [1.54, 1.807) is 0 Å². The first-order chi connectivity index (χ1) is 5.72. The van der Waals surface area contributed by atoms with Crippen LogP contribution in [0, 0.1) is 0 Å². The lowest BCUT2D eigenvalue weighted by atomic mass is 10.2. The van der Waals surface area contributed by atoms with Crippen molar-refractivity contribution >= 4 is 0 Å². The number of hydrogen-bond acceptors (Lipinski definition) is 2. The molecule has 0 aliphatic heterocycles. The largest absolute Gasteiger partial charge is 0.374 e. The normalized spacial score (nSPS) is 29.2. The van der Waals surface area contributed by atoms with E-state index in [4.69, 9.17) is 10.5 Å². The van der Waals surface area contributed by atoms with Crippen LogP contribution in [-0.4, -0.2) is 18.8 Å². The molecule has 2 heteroatoms. The van der Waals surface area contributed by atoms with Crippen LogP contribution in [0.4, 0.5) is 0 Å². The Morgan fingerprint density at radius 1 is 1.58 bits per heavy atom. The van der Waals surface area contributed by atoms with Gasteiger partial charge >= 0.3 is 0 Å². The van der Waals surface area contributed by atoms with Crippen molar-refractivity contribution in [2.75, 3.05) is 6.61 Å². The van der Waals surface area contributed by atoms with Crippen molar-refractivity contribution < 1.29 is 4.74 Å². The summed E-state index contributed by atoms with van der Waals surface area (Å²) < 4.78 is 5.65. The molecule has 1 fully saturated rings. The van der Waals surface area contributed by atoms with E-state index < -0.39 is 0 Å². The average molecular weight is 169 g/mol. The van der Waals surface area contributed by atoms with Gasteiger partial charge in [0.2, 0.25) is 0 Å². The Balaban J connectivity index is 2.11. The average Bonchev–Trinajstić information content (AvgIpc) is 2.47. The Bertz CT molecular complexity index is 156. The predicted molar refractivity (Wildman–Crippen MR) is 51.0 cm³/mol. The van der Waals surface area contributed by atoms with E-state index >= 15 is 0 Å². The Morgan fingerprint density at radius 2 is 2.33 bits per heavy atom. The van der Waals surface area contributed by atoms with Gasteiger partial charge in [-0.1, -0.05) is 19.1 Å². The maximum atomic E-state index is 5.76. The second-order valence-electron chi connectivity index (χ2n) is 3.61. The van der Waals surface area contributed by atoms with Gasteiger partial charge in [-0.2, -0.15) is 0 Å². The maximum absolute atomic E-state index is 5.76. The molecule has 0 aromatic rings. The molecule has 1 aliphatic carbocycles. The van der Waals surface area contributed by atoms with Crippen molar-refractivity contribution in [2.45, 2.75) is 44.8 Å². The third-order valence-corrected chi connectivity index (χ3v) is 2.45. The van der Waals surface area contributed by atoms with Crippen LogP contribution in [0.5, 0.6) is 0 Å². The summed E-state index contributed by atoms with van der Waals surface area (Å²) in [7, 11) is 0. The fourth-order valence-electron chi connectivity index (χ4n) is 1.46. The summed E-state index contributed by atoms with van der Waals surface area (Å²) in [5.41, 5.74) is 6.94. The molecular weight excluding hydrogens is 150 g/mol. The van der Waals surface area contributed by atoms with E-state index in [0.29, 0.717) is 18.8 Å². The lowest BCUT2D eigenvalue weighted by molar-refractivity contribution is 0.0734. The lowest BCUT2D eigenvalue weighted by Gasteiger charge is -2.11. The highest BCUT2D eigenvalue weighted by atomic mass is 16.5. The Morgan fingerprint density at radius 3 is 2.83 bits per heavy atom. The fourth-order valence-corrected chi connectivity index (χ4v) is 1.46. The van der Waals surface area contributed by atoms with E-state index in [2.05, 4.69) is 13.5 Å². The molecule has 0 saturated heterocycles. The van der Waals surface area contributed by atoms with Crippen molar-refractivity contribution in [2.24, 2.45) is 5.73 Å². The van der Waals surface area contributed by atoms with Crippen molar-refractivity contribution in [3.8, 4) is 0 Å². The zero-order chi connectivity index (χ0) is 8.97. The summed E-state index contributed by atoms with van der Waals surface area (Å²) in [6, 6.07) is 0.366. The van der Waals surface area contributed by atoms with Crippen LogP contribution in [0.2, 0.25) is 0 Å². The summed E-state index contributed by atoms with van der Waals surface area (Å²) in [6.45, 7) is 6.72. The van der Waals surface area contributed by atoms with Crippen LogP contribution in [0.1, 0.15) is 32.6 Å². The van der Waals surface area contributed by atoms with Crippen LogP contribution in [0.15, 0.2) is 12.2 Å². The first-order valence-electron chi connectivity index (χ1n) is 4.76. The molecule has 70 valence electrons. The van der Waals surface area contributed by atoms with Gasteiger partial charge in [0.25, 0.3) is 0 Å². The van der Waals surface area contributed by atoms with Crippen molar-refractivity contribution in [1.82, 2.24) is 0 Å². The standard InChI is InChI=1S/C10H19NO/c1-3-8(2)7-12-10-5-4-9(11)6-10/h9-10H,2-7,11H2,1H3. The van der Waals surface area contributed by atoms with Gasteiger partial charge < -0.3 is 10.5 Å². The van der Waals surface area contributed by atoms with Gasteiger partial charge in [0, 0.05) is 6.04 Å². The molecule has 0 aromatic carbocycles. The molecule has 0 aromatic heterocycles. The third kappa shape index (κ3) is 2.95. The second-order valence-corrected chi connectivity index (χ2v) is 3.61. The Hall–Kier alpha value is -0.340. The molecular formula is C10H19NO. The van der Waals surface area contributed by atoms with Crippen LogP contribution < -0.4 is 5.73 Å². The monoisotopic (exact) mass is 169 g/mol. The summed E-state index contributed by atoms with van der Waals surface area (Å²) in [5.74, 6) is 0. The highest BCUT2D eigenvalue weighted by molar-refractivity contribution is 4.93. The molecule has 0 amide bonds. The minimum atomic E-state index is 0.366. The molecule has 2 unspecified atom stereocenters. The highest BCUT2D eigenvalue weighted by Crippen LogP contribution is 2.20. The van der Waals surface area contributed by atoms with Crippen LogP contribution >= 0.6 is 0 Å².